The maximum absolute atomic E-state index is 11.7. The summed E-state index contributed by atoms with van der Waals surface area (Å²) in [5.74, 6) is -0.355. The molecule has 0 aromatic carbocycles. The monoisotopic (exact) mass is 256 g/mol. The van der Waals surface area contributed by atoms with Crippen molar-refractivity contribution in [2.45, 2.75) is 6.92 Å². The van der Waals surface area contributed by atoms with Crippen molar-refractivity contribution in [3.05, 3.63) is 42.4 Å². The number of esters is 1. The van der Waals surface area contributed by atoms with Crippen molar-refractivity contribution in [2.75, 3.05) is 6.61 Å². The number of rotatable bonds is 3. The summed E-state index contributed by atoms with van der Waals surface area (Å²) in [4.78, 5) is 11.7. The molecule has 1 N–H and O–H groups in total. The molecule has 0 amide bonds. The number of carbonyl (C=O) groups is 1. The Labute approximate surface area is 109 Å². The number of nitrogens with zero attached hydrogens (tertiary/aromatic N) is 3. The van der Waals surface area contributed by atoms with Gasteiger partial charge >= 0.3 is 5.97 Å². The van der Waals surface area contributed by atoms with E-state index in [2.05, 4.69) is 15.3 Å². The maximum atomic E-state index is 11.7. The predicted octanol–water partition coefficient (Wildman–Crippen LogP) is 1.90. The largest absolute Gasteiger partial charge is 0.462 e. The van der Waals surface area contributed by atoms with Crippen molar-refractivity contribution >= 4 is 11.5 Å². The molecule has 3 rings (SSSR count). The van der Waals surface area contributed by atoms with Gasteiger partial charge in [0.05, 0.1) is 24.0 Å². The normalized spacial score (nSPS) is 10.8. The van der Waals surface area contributed by atoms with E-state index >= 15 is 0 Å². The Hall–Kier alpha value is -2.63. The van der Waals surface area contributed by atoms with Crippen LogP contribution in [0.5, 0.6) is 0 Å². The van der Waals surface area contributed by atoms with E-state index in [0.717, 1.165) is 16.8 Å². The first kappa shape index (κ1) is 11.5. The number of carbonyl (C=O) groups excluding carboxylic acids is 1. The van der Waals surface area contributed by atoms with Crippen LogP contribution in [0, 0.1) is 0 Å². The van der Waals surface area contributed by atoms with Crippen molar-refractivity contribution in [3.8, 4) is 11.3 Å². The molecule has 0 atom stereocenters. The van der Waals surface area contributed by atoms with E-state index in [0.29, 0.717) is 12.2 Å². The van der Waals surface area contributed by atoms with Gasteiger partial charge in [-0.1, -0.05) is 0 Å². The third-order valence-corrected chi connectivity index (χ3v) is 2.82. The van der Waals surface area contributed by atoms with Crippen LogP contribution in [0.1, 0.15) is 17.3 Å². The minimum Gasteiger partial charge on any atom is -0.462 e. The summed E-state index contributed by atoms with van der Waals surface area (Å²) >= 11 is 0. The Kier molecular flexibility index (Phi) is 2.75. The number of hydrogen-bond donors (Lipinski definition) is 1. The molecule has 0 fully saturated rings. The van der Waals surface area contributed by atoms with Crippen LogP contribution in [0.2, 0.25) is 0 Å². The van der Waals surface area contributed by atoms with Crippen LogP contribution < -0.4 is 0 Å². The minimum absolute atomic E-state index is 0.350. The number of hydrogen-bond acceptors (Lipinski definition) is 4. The topological polar surface area (TPSA) is 72.3 Å². The second-order valence-corrected chi connectivity index (χ2v) is 4.00. The highest BCUT2D eigenvalue weighted by Crippen LogP contribution is 2.19. The zero-order valence-electron chi connectivity index (χ0n) is 10.3. The second-order valence-electron chi connectivity index (χ2n) is 4.00. The number of ether oxygens (including phenoxy) is 1. The zero-order chi connectivity index (χ0) is 13.2. The van der Waals surface area contributed by atoms with Gasteiger partial charge in [-0.15, -0.1) is 0 Å². The van der Waals surface area contributed by atoms with Crippen molar-refractivity contribution in [3.63, 3.8) is 0 Å². The highest BCUT2D eigenvalue weighted by atomic mass is 16.5. The Bertz CT molecular complexity index is 715. The van der Waals surface area contributed by atoms with E-state index in [-0.39, 0.29) is 5.97 Å². The van der Waals surface area contributed by atoms with Gasteiger partial charge in [-0.05, 0) is 25.1 Å². The molecule has 0 aliphatic rings. The average molecular weight is 256 g/mol. The van der Waals surface area contributed by atoms with Gasteiger partial charge in [0.2, 0.25) is 0 Å². The molecule has 19 heavy (non-hydrogen) atoms. The predicted molar refractivity (Wildman–Crippen MR) is 68.7 cm³/mol. The van der Waals surface area contributed by atoms with Crippen molar-refractivity contribution in [1.82, 2.24) is 19.8 Å². The Morgan fingerprint density at radius 2 is 2.32 bits per heavy atom. The summed E-state index contributed by atoms with van der Waals surface area (Å²) < 4.78 is 6.64. The zero-order valence-corrected chi connectivity index (χ0v) is 10.3. The van der Waals surface area contributed by atoms with Crippen LogP contribution in [-0.4, -0.2) is 32.4 Å². The summed E-state index contributed by atoms with van der Waals surface area (Å²) in [5.41, 5.74) is 3.04. The molecule has 0 unspecified atom stereocenters. The molecule has 3 aromatic rings. The minimum atomic E-state index is -0.355. The van der Waals surface area contributed by atoms with Gasteiger partial charge in [0.1, 0.15) is 5.56 Å². The van der Waals surface area contributed by atoms with Crippen LogP contribution in [0.15, 0.2) is 36.8 Å². The molecule has 0 saturated heterocycles. The van der Waals surface area contributed by atoms with E-state index in [9.17, 15) is 4.79 Å². The number of aromatic amines is 1. The molecule has 0 saturated carbocycles. The van der Waals surface area contributed by atoms with Gasteiger partial charge in [0.15, 0.2) is 0 Å². The fourth-order valence-electron chi connectivity index (χ4n) is 1.93. The number of fused-ring (bicyclic) bond motifs is 1. The molecule has 3 aromatic heterocycles. The molecule has 0 radical (unpaired) electrons. The number of nitrogens with one attached hydrogen (secondary N) is 1. The van der Waals surface area contributed by atoms with Gasteiger partial charge in [0, 0.05) is 18.0 Å². The summed E-state index contributed by atoms with van der Waals surface area (Å²) in [6.07, 6.45) is 5.04. The summed E-state index contributed by atoms with van der Waals surface area (Å²) in [6.45, 7) is 2.13. The first-order valence-electron chi connectivity index (χ1n) is 5.94. The molecule has 0 aliphatic carbocycles. The fraction of sp³-hybridized carbons (Fsp3) is 0.154. The Morgan fingerprint density at radius 1 is 1.42 bits per heavy atom. The lowest BCUT2D eigenvalue weighted by molar-refractivity contribution is 0.0528. The van der Waals surface area contributed by atoms with Crippen molar-refractivity contribution in [1.29, 1.82) is 0 Å². The third kappa shape index (κ3) is 1.97. The van der Waals surface area contributed by atoms with E-state index in [4.69, 9.17) is 4.74 Å². The Morgan fingerprint density at radius 3 is 3.05 bits per heavy atom. The Balaban J connectivity index is 2.05. The molecular weight excluding hydrogens is 244 g/mol. The van der Waals surface area contributed by atoms with Crippen molar-refractivity contribution < 1.29 is 9.53 Å². The van der Waals surface area contributed by atoms with Gasteiger partial charge in [-0.3, -0.25) is 5.10 Å². The van der Waals surface area contributed by atoms with E-state index in [1.54, 1.807) is 17.6 Å². The fourth-order valence-corrected chi connectivity index (χ4v) is 1.93. The highest BCUT2D eigenvalue weighted by Gasteiger charge is 2.14. The molecule has 0 spiro atoms. The quantitative estimate of drug-likeness (QED) is 0.726. The van der Waals surface area contributed by atoms with Gasteiger partial charge < -0.3 is 4.74 Å². The molecular formula is C13H12N4O2. The van der Waals surface area contributed by atoms with Gasteiger partial charge in [0.25, 0.3) is 0 Å². The number of pyridine rings is 1. The third-order valence-electron chi connectivity index (χ3n) is 2.82. The highest BCUT2D eigenvalue weighted by molar-refractivity contribution is 5.96. The summed E-state index contributed by atoms with van der Waals surface area (Å²) in [5, 5.41) is 11.0. The van der Waals surface area contributed by atoms with Crippen LogP contribution in [0.25, 0.3) is 16.8 Å². The van der Waals surface area contributed by atoms with Crippen LogP contribution in [0.4, 0.5) is 0 Å². The van der Waals surface area contributed by atoms with E-state index < -0.39 is 0 Å². The number of H-pyrrole nitrogens is 1. The van der Waals surface area contributed by atoms with E-state index in [1.165, 1.54) is 6.20 Å². The summed E-state index contributed by atoms with van der Waals surface area (Å²) in [6, 6.07) is 5.62. The lowest BCUT2D eigenvalue weighted by Gasteiger charge is -2.01. The lowest BCUT2D eigenvalue weighted by atomic mass is 10.2. The molecule has 3 heterocycles. The van der Waals surface area contributed by atoms with Crippen LogP contribution >= 0.6 is 0 Å². The van der Waals surface area contributed by atoms with Crippen molar-refractivity contribution in [2.24, 2.45) is 0 Å². The van der Waals surface area contributed by atoms with E-state index in [1.807, 2.05) is 24.4 Å². The standard InChI is InChI=1S/C13H12N4O2/c1-2-19-13(18)10-7-15-17-8-9(3-4-12(10)17)11-5-6-14-16-11/h3-8H,2H2,1H3,(H,14,16). The van der Waals surface area contributed by atoms with Gasteiger partial charge in [-0.25, -0.2) is 9.31 Å². The molecule has 6 heteroatoms. The molecule has 0 aliphatic heterocycles. The first-order valence-corrected chi connectivity index (χ1v) is 5.94. The number of aromatic nitrogens is 4. The van der Waals surface area contributed by atoms with Crippen LogP contribution in [-0.2, 0) is 4.74 Å². The molecule has 96 valence electrons. The smallest absolute Gasteiger partial charge is 0.341 e. The first-order chi connectivity index (χ1) is 9.29. The maximum Gasteiger partial charge on any atom is 0.341 e. The van der Waals surface area contributed by atoms with Gasteiger partial charge in [-0.2, -0.15) is 10.2 Å². The second kappa shape index (κ2) is 4.56. The summed E-state index contributed by atoms with van der Waals surface area (Å²) in [7, 11) is 0. The molecule has 0 bridgehead atoms. The lowest BCUT2D eigenvalue weighted by Crippen LogP contribution is -2.03. The SMILES string of the molecule is CCOC(=O)c1cnn2cc(-c3ccn[nH]3)ccc12. The van der Waals surface area contributed by atoms with Crippen LogP contribution in [0.3, 0.4) is 0 Å². The average Bonchev–Trinajstić information content (AvgIpc) is 3.07. The molecule has 6 nitrogen and oxygen atoms in total.